The zero-order valence-corrected chi connectivity index (χ0v) is 15.3. The maximum atomic E-state index is 3.72. The fraction of sp³-hybridized carbons (Fsp3) is 1.00. The lowest BCUT2D eigenvalue weighted by molar-refractivity contribution is 0.267. The first-order valence-electron chi connectivity index (χ1n) is 8.59. The average molecular weight is 299 g/mol. The van der Waals surface area contributed by atoms with Crippen molar-refractivity contribution in [1.82, 2.24) is 21.3 Å². The van der Waals surface area contributed by atoms with Gasteiger partial charge in [0.1, 0.15) is 0 Å². The summed E-state index contributed by atoms with van der Waals surface area (Å²) in [4.78, 5) is 0. The maximum absolute atomic E-state index is 3.72. The van der Waals surface area contributed by atoms with Gasteiger partial charge in [-0.15, -0.1) is 0 Å². The maximum Gasteiger partial charge on any atom is 0.0166 e. The van der Waals surface area contributed by atoms with E-state index in [1.54, 1.807) is 0 Å². The van der Waals surface area contributed by atoms with Crippen LogP contribution in [0.3, 0.4) is 0 Å². The van der Waals surface area contributed by atoms with Crippen LogP contribution < -0.4 is 21.3 Å². The Hall–Kier alpha value is -0.160. The van der Waals surface area contributed by atoms with Gasteiger partial charge in [-0.2, -0.15) is 0 Å². The summed E-state index contributed by atoms with van der Waals surface area (Å²) in [5.74, 6) is 0. The Bertz CT molecular complexity index is 301. The van der Waals surface area contributed by atoms with Gasteiger partial charge in [-0.3, -0.25) is 0 Å². The molecule has 21 heavy (non-hydrogen) atoms. The van der Waals surface area contributed by atoms with E-state index in [9.17, 15) is 0 Å². The van der Waals surface area contributed by atoms with E-state index in [2.05, 4.69) is 69.7 Å². The first-order valence-corrected chi connectivity index (χ1v) is 8.59. The van der Waals surface area contributed by atoms with Crippen LogP contribution in [0.4, 0.5) is 0 Å². The minimum atomic E-state index is 0.169. The van der Waals surface area contributed by atoms with Crippen molar-refractivity contribution in [2.45, 2.75) is 90.5 Å². The van der Waals surface area contributed by atoms with Crippen LogP contribution in [-0.4, -0.2) is 48.8 Å². The average Bonchev–Trinajstić information content (AvgIpc) is 2.30. The molecule has 0 spiro atoms. The molecule has 126 valence electrons. The van der Waals surface area contributed by atoms with Gasteiger partial charge in [0.15, 0.2) is 0 Å². The van der Waals surface area contributed by atoms with E-state index in [0.717, 1.165) is 32.5 Å². The monoisotopic (exact) mass is 298 g/mol. The van der Waals surface area contributed by atoms with Crippen LogP contribution in [0, 0.1) is 0 Å². The Balaban J connectivity index is 2.65. The molecular weight excluding hydrogens is 260 g/mol. The van der Waals surface area contributed by atoms with Crippen LogP contribution in [0.15, 0.2) is 0 Å². The second-order valence-corrected chi connectivity index (χ2v) is 8.31. The first kappa shape index (κ1) is 18.9. The van der Waals surface area contributed by atoms with Crippen LogP contribution in [0.1, 0.15) is 61.3 Å². The fourth-order valence-electron chi connectivity index (χ4n) is 3.50. The molecule has 1 heterocycles. The van der Waals surface area contributed by atoms with E-state index in [4.69, 9.17) is 0 Å². The molecule has 0 aromatic rings. The molecule has 3 atom stereocenters. The van der Waals surface area contributed by atoms with Gasteiger partial charge in [0.2, 0.25) is 0 Å². The Morgan fingerprint density at radius 3 is 1.95 bits per heavy atom. The van der Waals surface area contributed by atoms with E-state index >= 15 is 0 Å². The highest BCUT2D eigenvalue weighted by atomic mass is 15.1. The summed E-state index contributed by atoms with van der Waals surface area (Å²) in [6.45, 7) is 19.1. The molecule has 1 aliphatic rings. The second-order valence-electron chi connectivity index (χ2n) is 8.31. The van der Waals surface area contributed by atoms with Crippen LogP contribution in [0.5, 0.6) is 0 Å². The van der Waals surface area contributed by atoms with Crippen molar-refractivity contribution in [3.63, 3.8) is 0 Å². The van der Waals surface area contributed by atoms with Crippen molar-refractivity contribution in [1.29, 1.82) is 0 Å². The van der Waals surface area contributed by atoms with Crippen LogP contribution >= 0.6 is 0 Å². The smallest absolute Gasteiger partial charge is 0.0166 e. The summed E-state index contributed by atoms with van der Waals surface area (Å²) in [6.07, 6.45) is 2.27. The highest BCUT2D eigenvalue weighted by Crippen LogP contribution is 2.14. The Morgan fingerprint density at radius 2 is 1.29 bits per heavy atom. The zero-order valence-electron chi connectivity index (χ0n) is 15.3. The van der Waals surface area contributed by atoms with Crippen molar-refractivity contribution in [2.24, 2.45) is 0 Å². The number of rotatable bonds is 0. The predicted octanol–water partition coefficient (Wildman–Crippen LogP) is 1.86. The molecular formula is C17H38N4. The second kappa shape index (κ2) is 7.91. The van der Waals surface area contributed by atoms with E-state index < -0.39 is 0 Å². The molecule has 0 amide bonds. The van der Waals surface area contributed by atoms with Gasteiger partial charge in [-0.1, -0.05) is 0 Å². The number of hydrogen-bond acceptors (Lipinski definition) is 4. The first-order chi connectivity index (χ1) is 9.60. The summed E-state index contributed by atoms with van der Waals surface area (Å²) in [6, 6.07) is 1.53. The Morgan fingerprint density at radius 1 is 0.714 bits per heavy atom. The molecule has 1 aliphatic heterocycles. The largest absolute Gasteiger partial charge is 0.313 e. The third-order valence-corrected chi connectivity index (χ3v) is 4.31. The van der Waals surface area contributed by atoms with Crippen LogP contribution in [0.2, 0.25) is 0 Å². The molecule has 0 aromatic heterocycles. The van der Waals surface area contributed by atoms with Gasteiger partial charge in [0.25, 0.3) is 0 Å². The molecule has 1 saturated heterocycles. The molecule has 4 N–H and O–H groups in total. The molecule has 0 aliphatic carbocycles. The summed E-state index contributed by atoms with van der Waals surface area (Å²) in [5, 5.41) is 14.8. The Kier molecular flexibility index (Phi) is 7.11. The van der Waals surface area contributed by atoms with Crippen molar-refractivity contribution in [2.75, 3.05) is 19.6 Å². The van der Waals surface area contributed by atoms with E-state index in [1.165, 1.54) is 0 Å². The molecule has 1 rings (SSSR count). The van der Waals surface area contributed by atoms with Crippen molar-refractivity contribution >= 4 is 0 Å². The molecule has 1 fully saturated rings. The number of hydrogen-bond donors (Lipinski definition) is 4. The quantitative estimate of drug-likeness (QED) is 0.551. The van der Waals surface area contributed by atoms with Gasteiger partial charge in [0.05, 0.1) is 0 Å². The van der Waals surface area contributed by atoms with E-state index in [1.807, 2.05) is 0 Å². The van der Waals surface area contributed by atoms with Crippen LogP contribution in [0.25, 0.3) is 0 Å². The third-order valence-electron chi connectivity index (χ3n) is 4.31. The van der Waals surface area contributed by atoms with E-state index in [-0.39, 0.29) is 11.1 Å². The normalized spacial score (nSPS) is 35.9. The van der Waals surface area contributed by atoms with Gasteiger partial charge in [0, 0.05) is 48.8 Å². The minimum Gasteiger partial charge on any atom is -0.313 e. The highest BCUT2D eigenvalue weighted by Gasteiger charge is 2.24. The lowest BCUT2D eigenvalue weighted by Gasteiger charge is -2.35. The third kappa shape index (κ3) is 8.15. The summed E-state index contributed by atoms with van der Waals surface area (Å²) < 4.78 is 0. The highest BCUT2D eigenvalue weighted by molar-refractivity contribution is 4.87. The summed E-state index contributed by atoms with van der Waals surface area (Å²) in [5.41, 5.74) is 0.344. The lowest BCUT2D eigenvalue weighted by Crippen LogP contribution is -2.53. The zero-order chi connectivity index (χ0) is 16.1. The van der Waals surface area contributed by atoms with Crippen LogP contribution in [-0.2, 0) is 0 Å². The lowest BCUT2D eigenvalue weighted by atomic mass is 9.94. The Labute approximate surface area is 132 Å². The summed E-state index contributed by atoms with van der Waals surface area (Å²) in [7, 11) is 0. The number of nitrogens with one attached hydrogen (secondary N) is 4. The van der Waals surface area contributed by atoms with Gasteiger partial charge in [-0.25, -0.2) is 0 Å². The standard InChI is InChI=1S/C17H38N4/c1-13-10-17(6,7)20-12-15(3)21-14(2)11-16(4,5)19-9-8-18-13/h13-15,18-21H,8-12H2,1-7H3/t13?,14?,15-/m1/s1. The van der Waals surface area contributed by atoms with Gasteiger partial charge < -0.3 is 21.3 Å². The molecule has 0 saturated carbocycles. The minimum absolute atomic E-state index is 0.169. The van der Waals surface area contributed by atoms with Crippen molar-refractivity contribution in [3.05, 3.63) is 0 Å². The molecule has 2 unspecified atom stereocenters. The molecule has 4 heteroatoms. The molecule has 0 aromatic carbocycles. The SMILES string of the molecule is CC1CC(C)(C)NC[C@@H](C)NC(C)CC(C)(C)NCCN1. The fourth-order valence-corrected chi connectivity index (χ4v) is 3.50. The molecule has 0 bridgehead atoms. The van der Waals surface area contributed by atoms with Crippen molar-refractivity contribution < 1.29 is 0 Å². The van der Waals surface area contributed by atoms with E-state index in [0.29, 0.717) is 18.1 Å². The molecule has 4 nitrogen and oxygen atoms in total. The predicted molar refractivity (Wildman–Crippen MR) is 92.9 cm³/mol. The summed E-state index contributed by atoms with van der Waals surface area (Å²) >= 11 is 0. The van der Waals surface area contributed by atoms with Gasteiger partial charge in [-0.05, 0) is 61.3 Å². The van der Waals surface area contributed by atoms with Crippen molar-refractivity contribution in [3.8, 4) is 0 Å². The molecule has 0 radical (unpaired) electrons. The van der Waals surface area contributed by atoms with Gasteiger partial charge >= 0.3 is 0 Å². The topological polar surface area (TPSA) is 48.1 Å².